The number of imidazole rings is 1. The summed E-state index contributed by atoms with van der Waals surface area (Å²) >= 11 is 1.64. The number of fused-ring (bicyclic) bond motifs is 3. The third-order valence-corrected chi connectivity index (χ3v) is 10.8. The second kappa shape index (κ2) is 10.2. The van der Waals surface area contributed by atoms with Gasteiger partial charge in [-0.1, -0.05) is 6.92 Å². The molecule has 0 spiro atoms. The Hall–Kier alpha value is -2.99. The summed E-state index contributed by atoms with van der Waals surface area (Å²) in [6.45, 7) is 7.76. The van der Waals surface area contributed by atoms with E-state index in [1.165, 1.54) is 4.31 Å². The van der Waals surface area contributed by atoms with E-state index in [2.05, 4.69) is 14.5 Å². The van der Waals surface area contributed by atoms with E-state index in [0.29, 0.717) is 43.2 Å². The topological polar surface area (TPSA) is 111 Å². The van der Waals surface area contributed by atoms with Crippen molar-refractivity contribution in [1.29, 1.82) is 0 Å². The SMILES string of the molecule is CCc1nc(N2CCCS2(=O)=O)ccc1OCC(=O)N1CCc2nc3n(c2C1c1sc(C)nc1C)CCCC3. The molecule has 6 rings (SSSR count). The van der Waals surface area contributed by atoms with Gasteiger partial charge in [-0.05, 0) is 51.7 Å². The number of nitrogens with zero attached hydrogens (tertiary/aromatic N) is 6. The Morgan fingerprint density at radius 2 is 1.92 bits per heavy atom. The van der Waals surface area contributed by atoms with Crippen LogP contribution in [0.3, 0.4) is 0 Å². The highest BCUT2D eigenvalue weighted by atomic mass is 32.2. The van der Waals surface area contributed by atoms with E-state index < -0.39 is 10.0 Å². The molecule has 208 valence electrons. The first-order valence-electron chi connectivity index (χ1n) is 13.7. The summed E-state index contributed by atoms with van der Waals surface area (Å²) in [7, 11) is -3.32. The van der Waals surface area contributed by atoms with Gasteiger partial charge >= 0.3 is 0 Å². The second-order valence-electron chi connectivity index (χ2n) is 10.4. The summed E-state index contributed by atoms with van der Waals surface area (Å²) in [5.74, 6) is 2.08. The number of sulfonamides is 1. The number of amides is 1. The summed E-state index contributed by atoms with van der Waals surface area (Å²) in [5, 5.41) is 0.982. The number of hydrogen-bond acceptors (Lipinski definition) is 8. The zero-order valence-corrected chi connectivity index (χ0v) is 24.3. The lowest BCUT2D eigenvalue weighted by molar-refractivity contribution is -0.135. The van der Waals surface area contributed by atoms with Gasteiger partial charge in [0.2, 0.25) is 10.0 Å². The Morgan fingerprint density at radius 3 is 2.64 bits per heavy atom. The highest BCUT2D eigenvalue weighted by Gasteiger charge is 2.39. The molecule has 1 atom stereocenters. The maximum Gasteiger partial charge on any atom is 0.261 e. The van der Waals surface area contributed by atoms with E-state index in [0.717, 1.165) is 65.0 Å². The molecular formula is C27H34N6O4S2. The molecule has 1 saturated heterocycles. The average molecular weight is 571 g/mol. The Balaban J connectivity index is 1.27. The molecule has 10 nitrogen and oxygen atoms in total. The van der Waals surface area contributed by atoms with Crippen molar-refractivity contribution in [3.63, 3.8) is 0 Å². The van der Waals surface area contributed by atoms with Gasteiger partial charge < -0.3 is 14.2 Å². The largest absolute Gasteiger partial charge is 0.482 e. The minimum Gasteiger partial charge on any atom is -0.482 e. The molecule has 1 amide bonds. The maximum atomic E-state index is 13.8. The lowest BCUT2D eigenvalue weighted by Gasteiger charge is -2.36. The third-order valence-electron chi connectivity index (χ3n) is 7.82. The number of hydrogen-bond donors (Lipinski definition) is 0. The van der Waals surface area contributed by atoms with Crippen molar-refractivity contribution >= 4 is 33.1 Å². The van der Waals surface area contributed by atoms with Crippen LogP contribution >= 0.6 is 11.3 Å². The first kappa shape index (κ1) is 26.2. The van der Waals surface area contributed by atoms with E-state index in [4.69, 9.17) is 9.72 Å². The monoisotopic (exact) mass is 570 g/mol. The van der Waals surface area contributed by atoms with Crippen molar-refractivity contribution in [1.82, 2.24) is 24.4 Å². The number of ether oxygens (including phenoxy) is 1. The first-order valence-corrected chi connectivity index (χ1v) is 16.1. The number of anilines is 1. The Morgan fingerprint density at radius 1 is 1.08 bits per heavy atom. The number of rotatable bonds is 6. The molecule has 3 aliphatic heterocycles. The highest BCUT2D eigenvalue weighted by Crippen LogP contribution is 2.41. The number of carbonyl (C=O) groups is 1. The summed E-state index contributed by atoms with van der Waals surface area (Å²) in [5.41, 5.74) is 3.81. The molecule has 0 aliphatic carbocycles. The lowest BCUT2D eigenvalue weighted by atomic mass is 9.99. The molecule has 0 radical (unpaired) electrons. The highest BCUT2D eigenvalue weighted by molar-refractivity contribution is 7.93. The molecule has 1 unspecified atom stereocenters. The quantitative estimate of drug-likeness (QED) is 0.447. The van der Waals surface area contributed by atoms with E-state index >= 15 is 0 Å². The first-order chi connectivity index (χ1) is 18.8. The third kappa shape index (κ3) is 4.71. The van der Waals surface area contributed by atoms with Gasteiger partial charge in [-0.2, -0.15) is 0 Å². The molecule has 0 aromatic carbocycles. The van der Waals surface area contributed by atoms with E-state index in [9.17, 15) is 13.2 Å². The van der Waals surface area contributed by atoms with Gasteiger partial charge in [0.1, 0.15) is 23.4 Å². The van der Waals surface area contributed by atoms with Crippen molar-refractivity contribution < 1.29 is 17.9 Å². The van der Waals surface area contributed by atoms with E-state index in [1.807, 2.05) is 25.7 Å². The van der Waals surface area contributed by atoms with Gasteiger partial charge in [0.15, 0.2) is 6.61 Å². The number of thiazole rings is 1. The van der Waals surface area contributed by atoms with Crippen molar-refractivity contribution in [2.75, 3.05) is 29.8 Å². The molecule has 0 N–H and O–H groups in total. The molecule has 3 aliphatic rings. The maximum absolute atomic E-state index is 13.8. The number of carbonyl (C=O) groups excluding carboxylic acids is 1. The van der Waals surface area contributed by atoms with Crippen molar-refractivity contribution in [2.45, 2.75) is 71.9 Å². The molecule has 6 heterocycles. The Labute approximate surface area is 233 Å². The fourth-order valence-electron chi connectivity index (χ4n) is 6.01. The Bertz CT molecular complexity index is 1530. The van der Waals surface area contributed by atoms with Gasteiger partial charge in [0, 0.05) is 32.5 Å². The van der Waals surface area contributed by atoms with Crippen LogP contribution < -0.4 is 9.04 Å². The van der Waals surface area contributed by atoms with Gasteiger partial charge in [0.05, 0.1) is 38.4 Å². The summed E-state index contributed by atoms with van der Waals surface area (Å²) < 4.78 is 34.5. The Kier molecular flexibility index (Phi) is 6.86. The van der Waals surface area contributed by atoms with Crippen LogP contribution in [0, 0.1) is 13.8 Å². The standard InChI is InChI=1S/C27H34N6O4S2/c1-4-19-21(9-10-23(29-19)33-13-7-15-39(33,35)36)37-16-24(34)32-14-11-20-25(31-12-6-5-8-22(31)30-20)26(32)27-17(2)28-18(3)38-27/h9-10,26H,4-8,11-16H2,1-3H3. The normalized spacial score (nSPS) is 20.1. The van der Waals surface area contributed by atoms with Crippen molar-refractivity contribution in [2.24, 2.45) is 0 Å². The molecule has 0 bridgehead atoms. The number of aromatic nitrogens is 4. The smallest absolute Gasteiger partial charge is 0.261 e. The van der Waals surface area contributed by atoms with Crippen LogP contribution in [0.1, 0.15) is 70.7 Å². The van der Waals surface area contributed by atoms with Crippen LogP contribution in [0.2, 0.25) is 0 Å². The van der Waals surface area contributed by atoms with Crippen LogP contribution in [0.5, 0.6) is 5.75 Å². The summed E-state index contributed by atoms with van der Waals surface area (Å²) in [6.07, 6.45) is 5.10. The summed E-state index contributed by atoms with van der Waals surface area (Å²) in [6, 6.07) is 3.17. The van der Waals surface area contributed by atoms with Crippen LogP contribution in [-0.4, -0.2) is 64.2 Å². The number of pyridine rings is 1. The fourth-order valence-corrected chi connectivity index (χ4v) is 8.56. The van der Waals surface area contributed by atoms with Gasteiger partial charge in [-0.15, -0.1) is 11.3 Å². The zero-order valence-electron chi connectivity index (χ0n) is 22.6. The number of aryl methyl sites for hydroxylation is 4. The van der Waals surface area contributed by atoms with Gasteiger partial charge in [-0.25, -0.2) is 23.4 Å². The molecule has 3 aromatic heterocycles. The lowest BCUT2D eigenvalue weighted by Crippen LogP contribution is -2.43. The molecule has 0 saturated carbocycles. The second-order valence-corrected chi connectivity index (χ2v) is 13.6. The van der Waals surface area contributed by atoms with E-state index in [1.54, 1.807) is 23.5 Å². The van der Waals surface area contributed by atoms with Crippen LogP contribution in [-0.2, 0) is 40.6 Å². The molecule has 12 heteroatoms. The van der Waals surface area contributed by atoms with Crippen LogP contribution in [0.15, 0.2) is 12.1 Å². The van der Waals surface area contributed by atoms with Gasteiger partial charge in [-0.3, -0.25) is 9.10 Å². The minimum absolute atomic E-state index is 0.101. The van der Waals surface area contributed by atoms with E-state index in [-0.39, 0.29) is 24.3 Å². The van der Waals surface area contributed by atoms with Crippen LogP contribution in [0.4, 0.5) is 5.82 Å². The predicted molar refractivity (Wildman–Crippen MR) is 149 cm³/mol. The predicted octanol–water partition coefficient (Wildman–Crippen LogP) is 3.34. The van der Waals surface area contributed by atoms with Crippen LogP contribution in [0.25, 0.3) is 0 Å². The minimum atomic E-state index is -3.32. The van der Waals surface area contributed by atoms with Crippen molar-refractivity contribution in [3.05, 3.63) is 50.6 Å². The van der Waals surface area contributed by atoms with Gasteiger partial charge in [0.25, 0.3) is 5.91 Å². The average Bonchev–Trinajstić information content (AvgIpc) is 3.59. The molecular weight excluding hydrogens is 536 g/mol. The molecule has 3 aromatic rings. The summed E-state index contributed by atoms with van der Waals surface area (Å²) in [4.78, 5) is 31.0. The molecule has 39 heavy (non-hydrogen) atoms. The fraction of sp³-hybridized carbons (Fsp3) is 0.556. The zero-order chi connectivity index (χ0) is 27.3. The molecule has 1 fully saturated rings. The van der Waals surface area contributed by atoms with Crippen molar-refractivity contribution in [3.8, 4) is 5.75 Å².